The van der Waals surface area contributed by atoms with Crippen molar-refractivity contribution in [2.24, 2.45) is 0 Å². The van der Waals surface area contributed by atoms with Gasteiger partial charge < -0.3 is 20.1 Å². The van der Waals surface area contributed by atoms with E-state index in [1.165, 1.54) is 23.1 Å². The number of anilines is 2. The van der Waals surface area contributed by atoms with E-state index in [1.54, 1.807) is 38.5 Å². The number of nitrogens with zero attached hydrogens (tertiary/aromatic N) is 1. The van der Waals surface area contributed by atoms with Gasteiger partial charge in [0.15, 0.2) is 5.13 Å². The highest BCUT2D eigenvalue weighted by atomic mass is 32.2. The van der Waals surface area contributed by atoms with E-state index < -0.39 is 5.25 Å². The topological polar surface area (TPSA) is 89.5 Å². The molecule has 0 fully saturated rings. The molecule has 1 aromatic heterocycles. The van der Waals surface area contributed by atoms with E-state index >= 15 is 0 Å². The molecule has 1 unspecified atom stereocenters. The number of rotatable bonds is 10. The van der Waals surface area contributed by atoms with Gasteiger partial charge in [0.25, 0.3) is 5.91 Å². The molecule has 0 bridgehead atoms. The van der Waals surface area contributed by atoms with E-state index in [-0.39, 0.29) is 11.8 Å². The Balaban J connectivity index is 1.28. The lowest BCUT2D eigenvalue weighted by Gasteiger charge is -2.16. The van der Waals surface area contributed by atoms with Crippen LogP contribution >= 0.6 is 23.1 Å². The molecule has 41 heavy (non-hydrogen) atoms. The Kier molecular flexibility index (Phi) is 8.98. The second kappa shape index (κ2) is 13.2. The number of benzene rings is 4. The van der Waals surface area contributed by atoms with E-state index in [0.29, 0.717) is 22.1 Å². The molecule has 5 rings (SSSR count). The van der Waals surface area contributed by atoms with Crippen LogP contribution in [0.3, 0.4) is 0 Å². The molecule has 1 atom stereocenters. The average Bonchev–Trinajstić information content (AvgIpc) is 3.49. The minimum Gasteiger partial charge on any atom is -0.497 e. The molecule has 0 aliphatic rings. The molecule has 0 radical (unpaired) electrons. The van der Waals surface area contributed by atoms with Crippen LogP contribution in [-0.2, 0) is 4.79 Å². The number of hydrogen-bond donors (Lipinski definition) is 2. The van der Waals surface area contributed by atoms with Gasteiger partial charge in [-0.25, -0.2) is 4.98 Å². The fourth-order valence-electron chi connectivity index (χ4n) is 4.02. The third-order valence-corrected chi connectivity index (χ3v) is 8.18. The summed E-state index contributed by atoms with van der Waals surface area (Å²) >= 11 is 2.80. The van der Waals surface area contributed by atoms with Crippen molar-refractivity contribution >= 4 is 45.7 Å². The smallest absolute Gasteiger partial charge is 0.255 e. The van der Waals surface area contributed by atoms with E-state index in [0.717, 1.165) is 27.5 Å². The predicted molar refractivity (Wildman–Crippen MR) is 165 cm³/mol. The summed E-state index contributed by atoms with van der Waals surface area (Å²) in [6.45, 7) is 0. The Labute approximate surface area is 246 Å². The van der Waals surface area contributed by atoms with Gasteiger partial charge in [0.05, 0.1) is 19.9 Å². The van der Waals surface area contributed by atoms with Crippen LogP contribution in [0.25, 0.3) is 11.3 Å². The SMILES string of the molecule is COc1ccc(C(=O)Nc2ccc(SC(C(=O)Nc3nc(-c4cccc(OC)c4)cs3)c3ccccc3)cc2)cc1. The van der Waals surface area contributed by atoms with Gasteiger partial charge >= 0.3 is 0 Å². The molecule has 2 N–H and O–H groups in total. The highest BCUT2D eigenvalue weighted by Gasteiger charge is 2.23. The van der Waals surface area contributed by atoms with Gasteiger partial charge in [-0.15, -0.1) is 23.1 Å². The number of aromatic nitrogens is 1. The monoisotopic (exact) mass is 581 g/mol. The molecule has 9 heteroatoms. The van der Waals surface area contributed by atoms with E-state index in [2.05, 4.69) is 15.6 Å². The highest BCUT2D eigenvalue weighted by Crippen LogP contribution is 2.37. The number of thioether (sulfide) groups is 1. The number of carbonyl (C=O) groups is 2. The number of carbonyl (C=O) groups excluding carboxylic acids is 2. The highest BCUT2D eigenvalue weighted by molar-refractivity contribution is 8.00. The minimum atomic E-state index is -0.514. The molecule has 4 aromatic carbocycles. The Morgan fingerprint density at radius 3 is 2.24 bits per heavy atom. The van der Waals surface area contributed by atoms with Crippen molar-refractivity contribution in [3.8, 4) is 22.8 Å². The number of thiazole rings is 1. The van der Waals surface area contributed by atoms with Gasteiger partial charge in [-0.2, -0.15) is 0 Å². The molecule has 7 nitrogen and oxygen atoms in total. The second-order valence-electron chi connectivity index (χ2n) is 8.87. The largest absolute Gasteiger partial charge is 0.497 e. The fourth-order valence-corrected chi connectivity index (χ4v) is 5.76. The summed E-state index contributed by atoms with van der Waals surface area (Å²) in [6, 6.07) is 31.6. The van der Waals surface area contributed by atoms with Crippen LogP contribution in [-0.4, -0.2) is 31.0 Å². The van der Waals surface area contributed by atoms with Crippen molar-refractivity contribution in [1.29, 1.82) is 0 Å². The lowest BCUT2D eigenvalue weighted by Crippen LogP contribution is -2.19. The summed E-state index contributed by atoms with van der Waals surface area (Å²) in [7, 11) is 3.21. The van der Waals surface area contributed by atoms with Crippen LogP contribution in [0.4, 0.5) is 10.8 Å². The normalized spacial score (nSPS) is 11.4. The third kappa shape index (κ3) is 7.13. The summed E-state index contributed by atoms with van der Waals surface area (Å²) in [6.07, 6.45) is 0. The standard InChI is InChI=1S/C32H27N3O4S2/c1-38-25-15-11-22(12-16-25)30(36)33-24-13-17-27(18-14-24)41-29(21-7-4-3-5-8-21)31(37)35-32-34-28(20-40-32)23-9-6-10-26(19-23)39-2/h3-20,29H,1-2H3,(H,33,36)(H,34,35,37). The first-order chi connectivity index (χ1) is 20.0. The summed E-state index contributed by atoms with van der Waals surface area (Å²) in [4.78, 5) is 31.7. The zero-order chi connectivity index (χ0) is 28.6. The van der Waals surface area contributed by atoms with Gasteiger partial charge in [-0.3, -0.25) is 9.59 Å². The number of ether oxygens (including phenoxy) is 2. The molecule has 2 amide bonds. The first-order valence-electron chi connectivity index (χ1n) is 12.7. The molecule has 0 saturated carbocycles. The number of amides is 2. The first kappa shape index (κ1) is 27.9. The zero-order valence-electron chi connectivity index (χ0n) is 22.4. The van der Waals surface area contributed by atoms with Crippen LogP contribution in [0.5, 0.6) is 11.5 Å². The summed E-state index contributed by atoms with van der Waals surface area (Å²) in [5.41, 5.74) is 3.73. The van der Waals surface area contributed by atoms with Gasteiger partial charge in [0.1, 0.15) is 16.7 Å². The lowest BCUT2D eigenvalue weighted by atomic mass is 10.1. The van der Waals surface area contributed by atoms with Gasteiger partial charge in [-0.05, 0) is 66.2 Å². The Hall–Kier alpha value is -4.60. The Morgan fingerprint density at radius 2 is 1.54 bits per heavy atom. The molecular weight excluding hydrogens is 555 g/mol. The van der Waals surface area contributed by atoms with Crippen molar-refractivity contribution in [1.82, 2.24) is 4.98 Å². The minimum absolute atomic E-state index is 0.176. The summed E-state index contributed by atoms with van der Waals surface area (Å²) < 4.78 is 10.5. The molecule has 0 aliphatic heterocycles. The van der Waals surface area contributed by atoms with Crippen LogP contribution in [0.15, 0.2) is 113 Å². The summed E-state index contributed by atoms with van der Waals surface area (Å²) in [5, 5.41) is 7.81. The van der Waals surface area contributed by atoms with Crippen LogP contribution in [0.2, 0.25) is 0 Å². The van der Waals surface area contributed by atoms with E-state index in [1.807, 2.05) is 84.2 Å². The van der Waals surface area contributed by atoms with Crippen LogP contribution in [0.1, 0.15) is 21.2 Å². The maximum atomic E-state index is 13.5. The molecule has 5 aromatic rings. The van der Waals surface area contributed by atoms with Crippen molar-refractivity contribution in [2.45, 2.75) is 10.1 Å². The van der Waals surface area contributed by atoms with Crippen molar-refractivity contribution in [3.05, 3.63) is 120 Å². The summed E-state index contributed by atoms with van der Waals surface area (Å²) in [5.74, 6) is 1.04. The van der Waals surface area contributed by atoms with Crippen molar-refractivity contribution < 1.29 is 19.1 Å². The molecule has 206 valence electrons. The molecule has 0 saturated heterocycles. The first-order valence-corrected chi connectivity index (χ1v) is 14.5. The zero-order valence-corrected chi connectivity index (χ0v) is 24.0. The van der Waals surface area contributed by atoms with E-state index in [9.17, 15) is 9.59 Å². The molecule has 1 heterocycles. The Bertz CT molecular complexity index is 1620. The van der Waals surface area contributed by atoms with Crippen molar-refractivity contribution in [3.63, 3.8) is 0 Å². The molecule has 0 spiro atoms. The number of nitrogens with one attached hydrogen (secondary N) is 2. The molecule has 0 aliphatic carbocycles. The predicted octanol–water partition coefficient (Wildman–Crippen LogP) is 7.55. The van der Waals surface area contributed by atoms with Crippen molar-refractivity contribution in [2.75, 3.05) is 24.9 Å². The lowest BCUT2D eigenvalue weighted by molar-refractivity contribution is -0.115. The van der Waals surface area contributed by atoms with Crippen LogP contribution < -0.4 is 20.1 Å². The van der Waals surface area contributed by atoms with Gasteiger partial charge in [-0.1, -0.05) is 42.5 Å². The van der Waals surface area contributed by atoms with Crippen LogP contribution in [0, 0.1) is 0 Å². The van der Waals surface area contributed by atoms with Gasteiger partial charge in [0.2, 0.25) is 5.91 Å². The maximum Gasteiger partial charge on any atom is 0.255 e. The van der Waals surface area contributed by atoms with Gasteiger partial charge in [0, 0.05) is 27.1 Å². The number of hydrogen-bond acceptors (Lipinski definition) is 7. The fraction of sp³-hybridized carbons (Fsp3) is 0.0938. The van der Waals surface area contributed by atoms with E-state index in [4.69, 9.17) is 9.47 Å². The Morgan fingerprint density at radius 1 is 0.805 bits per heavy atom. The maximum absolute atomic E-state index is 13.5. The average molecular weight is 582 g/mol. The molecular formula is C32H27N3O4S2. The number of methoxy groups -OCH3 is 2. The third-order valence-electron chi connectivity index (χ3n) is 6.16. The quantitative estimate of drug-likeness (QED) is 0.166. The second-order valence-corrected chi connectivity index (χ2v) is 10.9.